The molecule has 0 spiro atoms. The smallest absolute Gasteiger partial charge is 0.323 e. The summed E-state index contributed by atoms with van der Waals surface area (Å²) < 4.78 is 0. The minimum atomic E-state index is -0.763. The first-order valence-corrected chi connectivity index (χ1v) is 7.03. The van der Waals surface area contributed by atoms with Gasteiger partial charge in [-0.3, -0.25) is 10.1 Å². The number of nitrogens with one attached hydrogen (secondary N) is 1. The molecule has 1 atom stereocenters. The second kappa shape index (κ2) is 4.84. The van der Waals surface area contributed by atoms with Crippen LogP contribution in [0.2, 0.25) is 0 Å². The number of hydrogen-bond donors (Lipinski definition) is 2. The molecule has 1 aliphatic rings. The number of carboxylic acids is 1. The van der Waals surface area contributed by atoms with Gasteiger partial charge in [0.2, 0.25) is 0 Å². The first-order valence-electron chi connectivity index (χ1n) is 7.03. The Labute approximate surface area is 111 Å². The molecule has 0 aromatic heterocycles. The molecule has 0 aromatic rings. The van der Waals surface area contributed by atoms with Crippen LogP contribution in [0.15, 0.2) is 0 Å². The van der Waals surface area contributed by atoms with E-state index in [1.54, 1.807) is 0 Å². The van der Waals surface area contributed by atoms with Crippen LogP contribution in [-0.4, -0.2) is 22.7 Å². The summed E-state index contributed by atoms with van der Waals surface area (Å²) in [7, 11) is 0. The first kappa shape index (κ1) is 15.5. The molecule has 2 N–H and O–H groups in total. The molecule has 1 unspecified atom stereocenters. The molecule has 0 radical (unpaired) electrons. The van der Waals surface area contributed by atoms with Gasteiger partial charge in [-0.1, -0.05) is 34.6 Å². The number of rotatable bonds is 4. The van der Waals surface area contributed by atoms with Crippen molar-refractivity contribution in [2.75, 3.05) is 0 Å². The van der Waals surface area contributed by atoms with Crippen LogP contribution in [0.5, 0.6) is 0 Å². The molecule has 106 valence electrons. The van der Waals surface area contributed by atoms with Crippen molar-refractivity contribution >= 4 is 5.97 Å². The maximum atomic E-state index is 11.8. The molecule has 3 nitrogen and oxygen atoms in total. The van der Waals surface area contributed by atoms with Crippen LogP contribution >= 0.6 is 0 Å². The highest BCUT2D eigenvalue weighted by Crippen LogP contribution is 2.50. The van der Waals surface area contributed by atoms with Crippen LogP contribution in [0.1, 0.15) is 67.2 Å². The SMILES string of the molecule is CCC(C)NC1(C(=O)O)CC(C)(C)CC(C)(C)C1. The van der Waals surface area contributed by atoms with Gasteiger partial charge >= 0.3 is 5.97 Å². The summed E-state index contributed by atoms with van der Waals surface area (Å²) in [5, 5.41) is 13.1. The van der Waals surface area contributed by atoms with E-state index in [1.807, 2.05) is 0 Å². The standard InChI is InChI=1S/C15H29NO2/c1-7-11(2)16-15(12(17)18)9-13(3,4)8-14(5,6)10-15/h11,16H,7-10H2,1-6H3,(H,17,18). The molecule has 18 heavy (non-hydrogen) atoms. The van der Waals surface area contributed by atoms with Gasteiger partial charge in [-0.2, -0.15) is 0 Å². The summed E-state index contributed by atoms with van der Waals surface area (Å²) in [5.41, 5.74) is -0.623. The summed E-state index contributed by atoms with van der Waals surface area (Å²) >= 11 is 0. The van der Waals surface area contributed by atoms with Crippen molar-refractivity contribution in [3.05, 3.63) is 0 Å². The molecule has 0 bridgehead atoms. The van der Waals surface area contributed by atoms with Crippen molar-refractivity contribution in [2.45, 2.75) is 78.8 Å². The average Bonchev–Trinajstić information content (AvgIpc) is 2.11. The summed E-state index contributed by atoms with van der Waals surface area (Å²) in [5.74, 6) is -0.691. The highest BCUT2D eigenvalue weighted by Gasteiger charge is 2.52. The third-order valence-corrected chi connectivity index (χ3v) is 4.06. The van der Waals surface area contributed by atoms with Gasteiger partial charge in [-0.25, -0.2) is 0 Å². The van der Waals surface area contributed by atoms with Crippen molar-refractivity contribution in [3.8, 4) is 0 Å². The normalized spacial score (nSPS) is 26.6. The van der Waals surface area contributed by atoms with E-state index in [9.17, 15) is 9.90 Å². The largest absolute Gasteiger partial charge is 0.480 e. The molecule has 1 saturated carbocycles. The lowest BCUT2D eigenvalue weighted by Crippen LogP contribution is -2.61. The lowest BCUT2D eigenvalue weighted by Gasteiger charge is -2.51. The van der Waals surface area contributed by atoms with Gasteiger partial charge in [0.25, 0.3) is 0 Å². The van der Waals surface area contributed by atoms with Crippen molar-refractivity contribution < 1.29 is 9.90 Å². The predicted molar refractivity (Wildman–Crippen MR) is 74.7 cm³/mol. The van der Waals surface area contributed by atoms with Crippen molar-refractivity contribution in [2.24, 2.45) is 10.8 Å². The Bertz CT molecular complexity index is 304. The van der Waals surface area contributed by atoms with E-state index in [0.717, 1.165) is 12.8 Å². The van der Waals surface area contributed by atoms with Crippen molar-refractivity contribution in [3.63, 3.8) is 0 Å². The Morgan fingerprint density at radius 3 is 1.94 bits per heavy atom. The fraction of sp³-hybridized carbons (Fsp3) is 0.933. The molecular formula is C15H29NO2. The van der Waals surface area contributed by atoms with Crippen LogP contribution < -0.4 is 5.32 Å². The second-order valence-corrected chi connectivity index (χ2v) is 7.70. The third kappa shape index (κ3) is 3.47. The van der Waals surface area contributed by atoms with Gasteiger partial charge in [0, 0.05) is 6.04 Å². The van der Waals surface area contributed by atoms with Crippen LogP contribution in [-0.2, 0) is 4.79 Å². The fourth-order valence-corrected chi connectivity index (χ4v) is 4.01. The van der Waals surface area contributed by atoms with E-state index in [1.165, 1.54) is 0 Å². The zero-order valence-electron chi connectivity index (χ0n) is 12.8. The third-order valence-electron chi connectivity index (χ3n) is 4.06. The predicted octanol–water partition coefficient (Wildman–Crippen LogP) is 3.43. The van der Waals surface area contributed by atoms with Crippen LogP contribution in [0, 0.1) is 10.8 Å². The number of aliphatic carboxylic acids is 1. The monoisotopic (exact) mass is 255 g/mol. The minimum absolute atomic E-state index is 0.0700. The lowest BCUT2D eigenvalue weighted by atomic mass is 9.58. The summed E-state index contributed by atoms with van der Waals surface area (Å²) in [6, 6.07) is 0.241. The van der Waals surface area contributed by atoms with E-state index in [0.29, 0.717) is 12.8 Å². The molecule has 1 aliphatic carbocycles. The van der Waals surface area contributed by atoms with Gasteiger partial charge in [0.15, 0.2) is 0 Å². The van der Waals surface area contributed by atoms with Gasteiger partial charge in [0.05, 0.1) is 0 Å². The van der Waals surface area contributed by atoms with Crippen LogP contribution in [0.3, 0.4) is 0 Å². The van der Waals surface area contributed by atoms with E-state index in [2.05, 4.69) is 46.9 Å². The number of carboxylic acid groups (broad SMARTS) is 1. The molecule has 0 aliphatic heterocycles. The second-order valence-electron chi connectivity index (χ2n) is 7.70. The zero-order valence-corrected chi connectivity index (χ0v) is 12.8. The Morgan fingerprint density at radius 1 is 1.17 bits per heavy atom. The Morgan fingerprint density at radius 2 is 1.61 bits per heavy atom. The maximum Gasteiger partial charge on any atom is 0.323 e. The number of hydrogen-bond acceptors (Lipinski definition) is 2. The molecule has 0 aromatic carbocycles. The van der Waals surface area contributed by atoms with Crippen LogP contribution in [0.25, 0.3) is 0 Å². The van der Waals surface area contributed by atoms with E-state index >= 15 is 0 Å². The lowest BCUT2D eigenvalue weighted by molar-refractivity contribution is -0.152. The maximum absolute atomic E-state index is 11.8. The van der Waals surface area contributed by atoms with Gasteiger partial charge in [-0.05, 0) is 43.4 Å². The summed E-state index contributed by atoms with van der Waals surface area (Å²) in [6.45, 7) is 12.9. The molecule has 1 fully saturated rings. The zero-order chi connectivity index (χ0) is 14.2. The molecule has 0 heterocycles. The van der Waals surface area contributed by atoms with Gasteiger partial charge < -0.3 is 5.11 Å². The van der Waals surface area contributed by atoms with Gasteiger partial charge in [0.1, 0.15) is 5.54 Å². The Hall–Kier alpha value is -0.570. The van der Waals surface area contributed by atoms with E-state index in [4.69, 9.17) is 0 Å². The Kier molecular flexibility index (Phi) is 4.16. The van der Waals surface area contributed by atoms with Crippen molar-refractivity contribution in [1.82, 2.24) is 5.32 Å². The van der Waals surface area contributed by atoms with E-state index in [-0.39, 0.29) is 16.9 Å². The van der Waals surface area contributed by atoms with Crippen LogP contribution in [0.4, 0.5) is 0 Å². The van der Waals surface area contributed by atoms with E-state index < -0.39 is 11.5 Å². The number of carbonyl (C=O) groups is 1. The quantitative estimate of drug-likeness (QED) is 0.809. The molecular weight excluding hydrogens is 226 g/mol. The first-order chi connectivity index (χ1) is 8.02. The highest BCUT2D eigenvalue weighted by atomic mass is 16.4. The summed E-state index contributed by atoms with van der Waals surface area (Å²) in [6.07, 6.45) is 3.46. The molecule has 1 rings (SSSR count). The average molecular weight is 255 g/mol. The van der Waals surface area contributed by atoms with Gasteiger partial charge in [-0.15, -0.1) is 0 Å². The van der Waals surface area contributed by atoms with Crippen molar-refractivity contribution in [1.29, 1.82) is 0 Å². The minimum Gasteiger partial charge on any atom is -0.480 e. The molecule has 3 heteroatoms. The highest BCUT2D eigenvalue weighted by molar-refractivity contribution is 5.79. The molecule has 0 amide bonds. The summed E-state index contributed by atoms with van der Waals surface area (Å²) in [4.78, 5) is 11.8. The topological polar surface area (TPSA) is 49.3 Å². The molecule has 0 saturated heterocycles. The Balaban J connectivity index is 3.06. The fourth-order valence-electron chi connectivity index (χ4n) is 4.01.